The summed E-state index contributed by atoms with van der Waals surface area (Å²) in [5.41, 5.74) is 0. The molecule has 1 aromatic heterocycles. The number of aliphatic imine (C=N–C) groups is 1. The summed E-state index contributed by atoms with van der Waals surface area (Å²) < 4.78 is 0. The highest BCUT2D eigenvalue weighted by Gasteiger charge is 2.12. The molecule has 1 rings (SSSR count). The molecule has 0 radical (unpaired) electrons. The fraction of sp³-hybridized carbons (Fsp3) is 0.706. The first kappa shape index (κ1) is 19.0. The molecule has 0 aliphatic carbocycles. The highest BCUT2D eigenvalue weighted by molar-refractivity contribution is 7.11. The molecule has 1 aromatic rings. The zero-order chi connectivity index (χ0) is 16.5. The second-order valence-electron chi connectivity index (χ2n) is 6.00. The summed E-state index contributed by atoms with van der Waals surface area (Å²) in [5.74, 6) is 0.874. The summed E-state index contributed by atoms with van der Waals surface area (Å²) in [6.45, 7) is 13.9. The normalized spacial score (nSPS) is 12.5. The third kappa shape index (κ3) is 6.36. The van der Waals surface area contributed by atoms with E-state index in [1.165, 1.54) is 9.75 Å². The molecule has 0 atom stereocenters. The number of nitrogens with zero attached hydrogens (tertiary/aromatic N) is 2. The monoisotopic (exact) mass is 324 g/mol. The highest BCUT2D eigenvalue weighted by atomic mass is 32.1. The number of guanidine groups is 1. The van der Waals surface area contributed by atoms with E-state index in [1.807, 2.05) is 18.4 Å². The number of aryl methyl sites for hydroxylation is 1. The van der Waals surface area contributed by atoms with Gasteiger partial charge in [0.1, 0.15) is 0 Å². The Hall–Kier alpha value is -1.07. The van der Waals surface area contributed by atoms with E-state index in [-0.39, 0.29) is 0 Å². The Morgan fingerprint density at radius 3 is 2.27 bits per heavy atom. The first-order valence-corrected chi connectivity index (χ1v) is 9.07. The maximum atomic E-state index is 4.30. The van der Waals surface area contributed by atoms with Crippen LogP contribution in [-0.2, 0) is 13.0 Å². The lowest BCUT2D eigenvalue weighted by molar-refractivity contribution is 0.178. The molecule has 1 heterocycles. The maximum Gasteiger partial charge on any atom is 0.191 e. The van der Waals surface area contributed by atoms with E-state index in [0.29, 0.717) is 12.1 Å². The molecule has 0 aliphatic rings. The molecule has 126 valence electrons. The van der Waals surface area contributed by atoms with E-state index in [4.69, 9.17) is 0 Å². The lowest BCUT2D eigenvalue weighted by Gasteiger charge is -2.30. The summed E-state index contributed by atoms with van der Waals surface area (Å²) in [7, 11) is 1.82. The summed E-state index contributed by atoms with van der Waals surface area (Å²) in [6.07, 6.45) is 1.11. The second-order valence-corrected chi connectivity index (χ2v) is 7.25. The summed E-state index contributed by atoms with van der Waals surface area (Å²) in [5, 5.41) is 6.79. The van der Waals surface area contributed by atoms with Crippen molar-refractivity contribution < 1.29 is 0 Å². The molecule has 0 fully saturated rings. The van der Waals surface area contributed by atoms with Crippen molar-refractivity contribution in [2.45, 2.75) is 59.7 Å². The Morgan fingerprint density at radius 1 is 1.14 bits per heavy atom. The van der Waals surface area contributed by atoms with Crippen molar-refractivity contribution in [3.05, 3.63) is 21.9 Å². The van der Waals surface area contributed by atoms with E-state index in [2.05, 4.69) is 67.3 Å². The molecular formula is C17H32N4S. The Kier molecular flexibility index (Phi) is 8.49. The van der Waals surface area contributed by atoms with Crippen LogP contribution in [0.2, 0.25) is 0 Å². The Bertz CT molecular complexity index is 443. The van der Waals surface area contributed by atoms with E-state index in [0.717, 1.165) is 32.0 Å². The topological polar surface area (TPSA) is 39.7 Å². The van der Waals surface area contributed by atoms with Gasteiger partial charge in [-0.05, 0) is 46.2 Å². The quantitative estimate of drug-likeness (QED) is 0.570. The third-order valence-electron chi connectivity index (χ3n) is 3.71. The van der Waals surface area contributed by atoms with Crippen LogP contribution in [0.3, 0.4) is 0 Å². The van der Waals surface area contributed by atoms with Crippen molar-refractivity contribution >= 4 is 17.3 Å². The van der Waals surface area contributed by atoms with E-state index in [9.17, 15) is 0 Å². The number of rotatable bonds is 8. The van der Waals surface area contributed by atoms with Gasteiger partial charge >= 0.3 is 0 Å². The molecule has 22 heavy (non-hydrogen) atoms. The lowest BCUT2D eigenvalue weighted by Crippen LogP contribution is -2.45. The lowest BCUT2D eigenvalue weighted by atomic mass is 10.2. The molecule has 0 saturated carbocycles. The van der Waals surface area contributed by atoms with Crippen LogP contribution in [0.4, 0.5) is 0 Å². The van der Waals surface area contributed by atoms with Gasteiger partial charge in [0.05, 0.1) is 6.54 Å². The fourth-order valence-corrected chi connectivity index (χ4v) is 3.41. The van der Waals surface area contributed by atoms with Crippen molar-refractivity contribution in [3.63, 3.8) is 0 Å². The van der Waals surface area contributed by atoms with Crippen molar-refractivity contribution in [2.24, 2.45) is 4.99 Å². The van der Waals surface area contributed by atoms with Gasteiger partial charge in [0.25, 0.3) is 0 Å². The molecule has 5 heteroatoms. The SMILES string of the molecule is CCc1ccc(CNC(=NC)NCCN(C(C)C)C(C)C)s1. The van der Waals surface area contributed by atoms with Crippen LogP contribution in [0, 0.1) is 0 Å². The number of hydrogen-bond donors (Lipinski definition) is 2. The largest absolute Gasteiger partial charge is 0.355 e. The first-order chi connectivity index (χ1) is 10.5. The minimum atomic E-state index is 0.565. The van der Waals surface area contributed by atoms with Gasteiger partial charge in [0, 0.05) is 42.0 Å². The van der Waals surface area contributed by atoms with Gasteiger partial charge in [0.2, 0.25) is 0 Å². The standard InChI is InChI=1S/C17H32N4S/c1-7-15-8-9-16(22-15)12-20-17(18-6)19-10-11-21(13(2)3)14(4)5/h8-9,13-14H,7,10-12H2,1-6H3,(H2,18,19,20). The van der Waals surface area contributed by atoms with Crippen LogP contribution >= 0.6 is 11.3 Å². The van der Waals surface area contributed by atoms with Crippen LogP contribution in [0.25, 0.3) is 0 Å². The fourth-order valence-electron chi connectivity index (χ4n) is 2.51. The minimum Gasteiger partial charge on any atom is -0.355 e. The van der Waals surface area contributed by atoms with Gasteiger partial charge < -0.3 is 10.6 Å². The highest BCUT2D eigenvalue weighted by Crippen LogP contribution is 2.16. The predicted octanol–water partition coefficient (Wildman–Crippen LogP) is 3.09. The number of nitrogens with one attached hydrogen (secondary N) is 2. The molecule has 0 saturated heterocycles. The minimum absolute atomic E-state index is 0.565. The average molecular weight is 325 g/mol. The van der Waals surface area contributed by atoms with Gasteiger partial charge in [0.15, 0.2) is 5.96 Å². The zero-order valence-corrected chi connectivity index (χ0v) is 15.8. The van der Waals surface area contributed by atoms with Gasteiger partial charge in [-0.1, -0.05) is 6.92 Å². The molecule has 0 amide bonds. The summed E-state index contributed by atoms with van der Waals surface area (Å²) >= 11 is 1.87. The Balaban J connectivity index is 2.36. The smallest absolute Gasteiger partial charge is 0.191 e. The second kappa shape index (κ2) is 9.85. The van der Waals surface area contributed by atoms with Crippen molar-refractivity contribution in [2.75, 3.05) is 20.1 Å². The summed E-state index contributed by atoms with van der Waals surface area (Å²) in [6, 6.07) is 5.54. The maximum absolute atomic E-state index is 4.30. The predicted molar refractivity (Wildman–Crippen MR) is 98.9 cm³/mol. The van der Waals surface area contributed by atoms with Gasteiger partial charge in [-0.15, -0.1) is 11.3 Å². The van der Waals surface area contributed by atoms with Crippen LogP contribution in [0.15, 0.2) is 17.1 Å². The van der Waals surface area contributed by atoms with E-state index in [1.54, 1.807) is 0 Å². The van der Waals surface area contributed by atoms with Crippen molar-refractivity contribution in [1.29, 1.82) is 0 Å². The Labute approximate surface area is 140 Å². The van der Waals surface area contributed by atoms with Gasteiger partial charge in [-0.25, -0.2) is 0 Å². The van der Waals surface area contributed by atoms with Gasteiger partial charge in [-0.2, -0.15) is 0 Å². The van der Waals surface area contributed by atoms with Crippen LogP contribution in [0.1, 0.15) is 44.4 Å². The summed E-state index contributed by atoms with van der Waals surface area (Å²) in [4.78, 5) is 9.56. The first-order valence-electron chi connectivity index (χ1n) is 8.25. The molecule has 0 aliphatic heterocycles. The van der Waals surface area contributed by atoms with Crippen LogP contribution in [0.5, 0.6) is 0 Å². The molecule has 0 spiro atoms. The Morgan fingerprint density at radius 2 is 1.77 bits per heavy atom. The third-order valence-corrected chi connectivity index (χ3v) is 4.94. The molecule has 0 unspecified atom stereocenters. The van der Waals surface area contributed by atoms with Crippen LogP contribution in [-0.4, -0.2) is 43.1 Å². The molecule has 0 aromatic carbocycles. The molecule has 0 bridgehead atoms. The molecular weight excluding hydrogens is 292 g/mol. The van der Waals surface area contributed by atoms with Crippen molar-refractivity contribution in [1.82, 2.24) is 15.5 Å². The van der Waals surface area contributed by atoms with Crippen molar-refractivity contribution in [3.8, 4) is 0 Å². The number of hydrogen-bond acceptors (Lipinski definition) is 3. The van der Waals surface area contributed by atoms with Crippen LogP contribution < -0.4 is 10.6 Å². The zero-order valence-electron chi connectivity index (χ0n) is 14.9. The molecule has 4 nitrogen and oxygen atoms in total. The average Bonchev–Trinajstić information content (AvgIpc) is 2.93. The molecule has 2 N–H and O–H groups in total. The van der Waals surface area contributed by atoms with E-state index < -0.39 is 0 Å². The number of thiophene rings is 1. The van der Waals surface area contributed by atoms with E-state index >= 15 is 0 Å². The van der Waals surface area contributed by atoms with Gasteiger partial charge in [-0.3, -0.25) is 9.89 Å².